The maximum atomic E-state index is 12.1. The molecule has 0 atom stereocenters. The minimum absolute atomic E-state index is 0.530. The Kier molecular flexibility index (Phi) is 4.95. The maximum Gasteiger partial charge on any atom is 0.314 e. The van der Waals surface area contributed by atoms with E-state index in [0.29, 0.717) is 23.7 Å². The lowest BCUT2D eigenvalue weighted by Crippen LogP contribution is -2.29. The van der Waals surface area contributed by atoms with Gasteiger partial charge in [0.1, 0.15) is 5.75 Å². The summed E-state index contributed by atoms with van der Waals surface area (Å²) < 4.78 is 5.34. The molecular weight excluding hydrogens is 316 g/mol. The van der Waals surface area contributed by atoms with Crippen molar-refractivity contribution in [3.05, 3.63) is 66.7 Å². The summed E-state index contributed by atoms with van der Waals surface area (Å²) in [5.74, 6) is -0.734. The van der Waals surface area contributed by atoms with Crippen LogP contribution >= 0.6 is 0 Å². The fraction of sp³-hybridized carbons (Fsp3) is 0.100. The molecule has 2 N–H and O–H groups in total. The van der Waals surface area contributed by atoms with Crippen molar-refractivity contribution in [3.63, 3.8) is 0 Å². The first-order chi connectivity index (χ1) is 12.2. The number of nitrogens with one attached hydrogen (secondary N) is 2. The van der Waals surface area contributed by atoms with E-state index in [2.05, 4.69) is 10.6 Å². The van der Waals surface area contributed by atoms with E-state index in [-0.39, 0.29) is 0 Å². The summed E-state index contributed by atoms with van der Waals surface area (Å²) >= 11 is 0. The maximum absolute atomic E-state index is 12.1. The number of benzene rings is 3. The zero-order valence-electron chi connectivity index (χ0n) is 13.8. The molecule has 0 saturated carbocycles. The Morgan fingerprint density at radius 3 is 2.08 bits per heavy atom. The molecule has 25 heavy (non-hydrogen) atoms. The quantitative estimate of drug-likeness (QED) is 0.713. The van der Waals surface area contributed by atoms with Crippen LogP contribution in [0.3, 0.4) is 0 Å². The number of rotatable bonds is 4. The Hall–Kier alpha value is -3.34. The van der Waals surface area contributed by atoms with Crippen LogP contribution in [0.15, 0.2) is 66.7 Å². The van der Waals surface area contributed by atoms with Crippen LogP contribution in [-0.4, -0.2) is 18.4 Å². The van der Waals surface area contributed by atoms with Crippen LogP contribution in [0.1, 0.15) is 6.92 Å². The van der Waals surface area contributed by atoms with Crippen LogP contribution < -0.4 is 15.4 Å². The third-order valence-electron chi connectivity index (χ3n) is 3.64. The molecule has 5 heteroatoms. The number of fused-ring (bicyclic) bond motifs is 1. The standard InChI is InChI=1S/C20H18N2O3/c1-2-25-18-11-9-16(10-12-18)21-19(23)20(24)22-17-8-7-14-5-3-4-6-15(14)13-17/h3-13H,2H2,1H3,(H,21,23)(H,22,24). The Labute approximate surface area is 145 Å². The molecule has 0 spiro atoms. The summed E-state index contributed by atoms with van der Waals surface area (Å²) in [5, 5.41) is 7.23. The van der Waals surface area contributed by atoms with Crippen molar-refractivity contribution in [1.29, 1.82) is 0 Å². The smallest absolute Gasteiger partial charge is 0.314 e. The van der Waals surface area contributed by atoms with Crippen molar-refractivity contribution in [1.82, 2.24) is 0 Å². The largest absolute Gasteiger partial charge is 0.494 e. The third kappa shape index (κ3) is 4.14. The number of hydrogen-bond acceptors (Lipinski definition) is 3. The molecule has 3 rings (SSSR count). The highest BCUT2D eigenvalue weighted by Gasteiger charge is 2.14. The number of carbonyl (C=O) groups is 2. The summed E-state index contributed by atoms with van der Waals surface area (Å²) in [5.41, 5.74) is 1.10. The molecule has 0 aliphatic rings. The molecule has 0 saturated heterocycles. The molecule has 0 radical (unpaired) electrons. The Morgan fingerprint density at radius 1 is 0.800 bits per heavy atom. The van der Waals surface area contributed by atoms with Crippen LogP contribution in [0.25, 0.3) is 10.8 Å². The summed E-state index contributed by atoms with van der Waals surface area (Å²) in [6, 6.07) is 20.2. The fourth-order valence-electron chi connectivity index (χ4n) is 2.44. The summed E-state index contributed by atoms with van der Waals surface area (Å²) in [6.45, 7) is 2.46. The normalized spacial score (nSPS) is 10.3. The van der Waals surface area contributed by atoms with Gasteiger partial charge in [-0.05, 0) is 54.1 Å². The van der Waals surface area contributed by atoms with E-state index in [0.717, 1.165) is 10.8 Å². The van der Waals surface area contributed by atoms with Crippen LogP contribution in [0.2, 0.25) is 0 Å². The predicted molar refractivity (Wildman–Crippen MR) is 98.8 cm³/mol. The first-order valence-electron chi connectivity index (χ1n) is 7.99. The van der Waals surface area contributed by atoms with Crippen molar-refractivity contribution in [2.75, 3.05) is 17.2 Å². The molecule has 0 aliphatic heterocycles. The molecule has 0 heterocycles. The van der Waals surface area contributed by atoms with Gasteiger partial charge >= 0.3 is 11.8 Å². The second-order valence-corrected chi connectivity index (χ2v) is 5.43. The Morgan fingerprint density at radius 2 is 1.40 bits per heavy atom. The molecule has 0 fully saturated rings. The number of anilines is 2. The van der Waals surface area contributed by atoms with Gasteiger partial charge in [0.15, 0.2) is 0 Å². The highest BCUT2D eigenvalue weighted by Crippen LogP contribution is 2.19. The van der Waals surface area contributed by atoms with Crippen LogP contribution in [-0.2, 0) is 9.59 Å². The van der Waals surface area contributed by atoms with Gasteiger partial charge < -0.3 is 15.4 Å². The highest BCUT2D eigenvalue weighted by molar-refractivity contribution is 6.43. The summed E-state index contributed by atoms with van der Waals surface area (Å²) in [4.78, 5) is 24.1. The number of amides is 2. The van der Waals surface area contributed by atoms with Gasteiger partial charge in [-0.2, -0.15) is 0 Å². The third-order valence-corrected chi connectivity index (χ3v) is 3.64. The first kappa shape index (κ1) is 16.5. The lowest BCUT2D eigenvalue weighted by molar-refractivity contribution is -0.132. The van der Waals surface area contributed by atoms with Crippen molar-refractivity contribution >= 4 is 34.0 Å². The molecule has 3 aromatic carbocycles. The predicted octanol–water partition coefficient (Wildman–Crippen LogP) is 3.82. The average Bonchev–Trinajstić information content (AvgIpc) is 2.63. The second kappa shape index (κ2) is 7.49. The minimum atomic E-state index is -0.725. The SMILES string of the molecule is CCOc1ccc(NC(=O)C(=O)Nc2ccc3ccccc3c2)cc1. The zero-order chi connectivity index (χ0) is 17.6. The van der Waals surface area contributed by atoms with Crippen molar-refractivity contribution in [2.24, 2.45) is 0 Å². The first-order valence-corrected chi connectivity index (χ1v) is 7.99. The summed E-state index contributed by atoms with van der Waals surface area (Å²) in [6.07, 6.45) is 0. The van der Waals surface area contributed by atoms with Gasteiger partial charge in [-0.1, -0.05) is 30.3 Å². The van der Waals surface area contributed by atoms with E-state index < -0.39 is 11.8 Å². The number of ether oxygens (including phenoxy) is 1. The van der Waals surface area contributed by atoms with Gasteiger partial charge in [-0.15, -0.1) is 0 Å². The van der Waals surface area contributed by atoms with Crippen molar-refractivity contribution in [2.45, 2.75) is 6.92 Å². The van der Waals surface area contributed by atoms with Crippen LogP contribution in [0, 0.1) is 0 Å². The van der Waals surface area contributed by atoms with Crippen LogP contribution in [0.4, 0.5) is 11.4 Å². The Bertz CT molecular complexity index is 904. The van der Waals surface area contributed by atoms with E-state index in [4.69, 9.17) is 4.74 Å². The molecule has 3 aromatic rings. The van der Waals surface area contributed by atoms with Crippen LogP contribution in [0.5, 0.6) is 5.75 Å². The molecule has 126 valence electrons. The Balaban J connectivity index is 1.64. The van der Waals surface area contributed by atoms with Gasteiger partial charge in [0.25, 0.3) is 0 Å². The van der Waals surface area contributed by atoms with Gasteiger partial charge in [-0.25, -0.2) is 0 Å². The van der Waals surface area contributed by atoms with Crippen molar-refractivity contribution < 1.29 is 14.3 Å². The monoisotopic (exact) mass is 334 g/mol. The molecular formula is C20H18N2O3. The van der Waals surface area contributed by atoms with E-state index in [1.54, 1.807) is 30.3 Å². The van der Waals surface area contributed by atoms with Gasteiger partial charge in [0, 0.05) is 11.4 Å². The average molecular weight is 334 g/mol. The lowest BCUT2D eigenvalue weighted by atomic mass is 10.1. The number of hydrogen-bond donors (Lipinski definition) is 2. The zero-order valence-corrected chi connectivity index (χ0v) is 13.8. The molecule has 0 aliphatic carbocycles. The molecule has 0 aromatic heterocycles. The minimum Gasteiger partial charge on any atom is -0.494 e. The van der Waals surface area contributed by atoms with Gasteiger partial charge in [0.05, 0.1) is 6.61 Å². The highest BCUT2D eigenvalue weighted by atomic mass is 16.5. The topological polar surface area (TPSA) is 67.4 Å². The summed E-state index contributed by atoms with van der Waals surface area (Å²) in [7, 11) is 0. The van der Waals surface area contributed by atoms with E-state index in [9.17, 15) is 9.59 Å². The second-order valence-electron chi connectivity index (χ2n) is 5.43. The molecule has 0 unspecified atom stereocenters. The fourth-order valence-corrected chi connectivity index (χ4v) is 2.44. The van der Waals surface area contributed by atoms with E-state index in [1.807, 2.05) is 43.3 Å². The van der Waals surface area contributed by atoms with Gasteiger partial charge in [-0.3, -0.25) is 9.59 Å². The number of carbonyl (C=O) groups excluding carboxylic acids is 2. The molecule has 5 nitrogen and oxygen atoms in total. The van der Waals surface area contributed by atoms with Crippen molar-refractivity contribution in [3.8, 4) is 5.75 Å². The van der Waals surface area contributed by atoms with E-state index in [1.165, 1.54) is 0 Å². The van der Waals surface area contributed by atoms with Gasteiger partial charge in [0.2, 0.25) is 0 Å². The molecule has 2 amide bonds. The lowest BCUT2D eigenvalue weighted by Gasteiger charge is -2.08. The molecule has 0 bridgehead atoms. The van der Waals surface area contributed by atoms with E-state index >= 15 is 0 Å².